The first-order valence-electron chi connectivity index (χ1n) is 5.61. The molecule has 0 amide bonds. The minimum absolute atomic E-state index is 0.0161. The van der Waals surface area contributed by atoms with Crippen LogP contribution in [0.15, 0.2) is 35.3 Å². The molecule has 0 spiro atoms. The largest absolute Gasteiger partial charge is 0.484 e. The van der Waals surface area contributed by atoms with E-state index in [1.807, 2.05) is 0 Å². The van der Waals surface area contributed by atoms with Gasteiger partial charge in [-0.15, -0.1) is 0 Å². The van der Waals surface area contributed by atoms with E-state index in [1.165, 1.54) is 30.5 Å². The van der Waals surface area contributed by atoms with Crippen LogP contribution in [0.2, 0.25) is 5.02 Å². The highest BCUT2D eigenvalue weighted by Gasteiger charge is 2.28. The first-order valence-corrected chi connectivity index (χ1v) is 5.99. The van der Waals surface area contributed by atoms with Crippen LogP contribution in [0.25, 0.3) is 5.69 Å². The van der Waals surface area contributed by atoms with Crippen LogP contribution in [-0.4, -0.2) is 22.6 Å². The molecule has 0 aliphatic heterocycles. The van der Waals surface area contributed by atoms with Gasteiger partial charge in [0.05, 0.1) is 17.6 Å². The highest BCUT2D eigenvalue weighted by Crippen LogP contribution is 2.20. The summed E-state index contributed by atoms with van der Waals surface area (Å²) in [6.07, 6.45) is -3.28. The van der Waals surface area contributed by atoms with Crippen molar-refractivity contribution in [1.29, 1.82) is 0 Å². The molecular formula is C12H9ClF3N3O2. The van der Waals surface area contributed by atoms with Gasteiger partial charge in [0.15, 0.2) is 6.61 Å². The SMILES string of the molecule is Nc1cnn(-c2cccc(OCC(F)(F)F)c2)c(=O)c1Cl. The van der Waals surface area contributed by atoms with Crippen LogP contribution in [0.5, 0.6) is 5.75 Å². The normalized spacial score (nSPS) is 11.4. The van der Waals surface area contributed by atoms with Gasteiger partial charge in [0.2, 0.25) is 0 Å². The molecule has 0 aliphatic carbocycles. The maximum absolute atomic E-state index is 12.1. The lowest BCUT2D eigenvalue weighted by Crippen LogP contribution is -2.22. The second-order valence-electron chi connectivity index (χ2n) is 4.03. The molecule has 5 nitrogen and oxygen atoms in total. The van der Waals surface area contributed by atoms with Crippen molar-refractivity contribution in [2.75, 3.05) is 12.3 Å². The van der Waals surface area contributed by atoms with E-state index in [4.69, 9.17) is 17.3 Å². The van der Waals surface area contributed by atoms with Gasteiger partial charge in [0.25, 0.3) is 5.56 Å². The molecule has 2 aromatic rings. The first kappa shape index (κ1) is 15.2. The number of anilines is 1. The van der Waals surface area contributed by atoms with Crippen molar-refractivity contribution in [2.24, 2.45) is 0 Å². The van der Waals surface area contributed by atoms with Crippen LogP contribution in [-0.2, 0) is 0 Å². The van der Waals surface area contributed by atoms with Crippen molar-refractivity contribution in [3.05, 3.63) is 45.8 Å². The van der Waals surface area contributed by atoms with Gasteiger partial charge in [-0.05, 0) is 12.1 Å². The quantitative estimate of drug-likeness (QED) is 0.943. The molecule has 21 heavy (non-hydrogen) atoms. The number of hydrogen-bond acceptors (Lipinski definition) is 4. The molecular weight excluding hydrogens is 311 g/mol. The van der Waals surface area contributed by atoms with E-state index in [0.717, 1.165) is 4.68 Å². The van der Waals surface area contributed by atoms with Crippen molar-refractivity contribution in [3.63, 3.8) is 0 Å². The molecule has 0 saturated carbocycles. The van der Waals surface area contributed by atoms with Crippen molar-refractivity contribution >= 4 is 17.3 Å². The van der Waals surface area contributed by atoms with Crippen molar-refractivity contribution in [1.82, 2.24) is 9.78 Å². The monoisotopic (exact) mass is 319 g/mol. The molecule has 0 atom stereocenters. The lowest BCUT2D eigenvalue weighted by molar-refractivity contribution is -0.153. The summed E-state index contributed by atoms with van der Waals surface area (Å²) >= 11 is 5.72. The number of nitrogens with zero attached hydrogens (tertiary/aromatic N) is 2. The topological polar surface area (TPSA) is 70.1 Å². The Kier molecular flexibility index (Phi) is 4.08. The van der Waals surface area contributed by atoms with Gasteiger partial charge in [-0.2, -0.15) is 23.0 Å². The fourth-order valence-corrected chi connectivity index (χ4v) is 1.63. The Labute approximate surface area is 121 Å². The minimum atomic E-state index is -4.45. The molecule has 0 aliphatic rings. The number of hydrogen-bond donors (Lipinski definition) is 1. The summed E-state index contributed by atoms with van der Waals surface area (Å²) in [6.45, 7) is -1.43. The summed E-state index contributed by atoms with van der Waals surface area (Å²) in [5.41, 5.74) is 4.99. The van der Waals surface area contributed by atoms with Crippen LogP contribution in [0.1, 0.15) is 0 Å². The van der Waals surface area contributed by atoms with E-state index in [0.29, 0.717) is 0 Å². The van der Waals surface area contributed by atoms with Crippen LogP contribution in [0, 0.1) is 0 Å². The number of aromatic nitrogens is 2. The fraction of sp³-hybridized carbons (Fsp3) is 0.167. The molecule has 0 unspecified atom stereocenters. The summed E-state index contributed by atoms with van der Waals surface area (Å²) in [6, 6.07) is 5.48. The van der Waals surface area contributed by atoms with Crippen molar-refractivity contribution in [2.45, 2.75) is 6.18 Å². The molecule has 0 radical (unpaired) electrons. The second kappa shape index (κ2) is 5.65. The first-order chi connectivity index (χ1) is 9.78. The average Bonchev–Trinajstić information content (AvgIpc) is 2.42. The Balaban J connectivity index is 2.34. The van der Waals surface area contributed by atoms with Crippen LogP contribution in [0.3, 0.4) is 0 Å². The maximum Gasteiger partial charge on any atom is 0.422 e. The number of alkyl halides is 3. The molecule has 0 fully saturated rings. The number of nitrogen functional groups attached to an aromatic ring is 1. The Morgan fingerprint density at radius 3 is 2.76 bits per heavy atom. The fourth-order valence-electron chi connectivity index (χ4n) is 1.50. The minimum Gasteiger partial charge on any atom is -0.484 e. The molecule has 0 saturated heterocycles. The molecule has 112 valence electrons. The lowest BCUT2D eigenvalue weighted by atomic mass is 10.3. The highest BCUT2D eigenvalue weighted by molar-refractivity contribution is 6.32. The Morgan fingerprint density at radius 1 is 1.38 bits per heavy atom. The summed E-state index contributed by atoms with van der Waals surface area (Å²) in [4.78, 5) is 11.9. The third-order valence-electron chi connectivity index (χ3n) is 2.41. The summed E-state index contributed by atoms with van der Waals surface area (Å²) in [7, 11) is 0. The molecule has 1 aromatic carbocycles. The smallest absolute Gasteiger partial charge is 0.422 e. The molecule has 1 heterocycles. The standard InChI is InChI=1S/C12H9ClF3N3O2/c13-10-9(17)5-18-19(11(10)20)7-2-1-3-8(4-7)21-6-12(14,15)16/h1-5H,6,17H2. The van der Waals surface area contributed by atoms with E-state index in [1.54, 1.807) is 0 Å². The molecule has 2 rings (SSSR count). The van der Waals surface area contributed by atoms with Crippen LogP contribution < -0.4 is 16.0 Å². The molecule has 9 heteroatoms. The number of halogens is 4. The maximum atomic E-state index is 12.1. The van der Waals surface area contributed by atoms with Crippen molar-refractivity contribution < 1.29 is 17.9 Å². The Morgan fingerprint density at radius 2 is 2.10 bits per heavy atom. The van der Waals surface area contributed by atoms with E-state index in [2.05, 4.69) is 9.84 Å². The molecule has 0 bridgehead atoms. The highest BCUT2D eigenvalue weighted by atomic mass is 35.5. The van der Waals surface area contributed by atoms with Gasteiger partial charge in [-0.1, -0.05) is 17.7 Å². The zero-order chi connectivity index (χ0) is 15.6. The predicted octanol–water partition coefficient (Wildman–Crippen LogP) is 2.41. The van der Waals surface area contributed by atoms with Gasteiger partial charge in [0, 0.05) is 6.07 Å². The number of ether oxygens (including phenoxy) is 1. The van der Waals surface area contributed by atoms with E-state index in [-0.39, 0.29) is 22.1 Å². The zero-order valence-corrected chi connectivity index (χ0v) is 11.1. The third-order valence-corrected chi connectivity index (χ3v) is 2.79. The average molecular weight is 320 g/mol. The van der Waals surface area contributed by atoms with E-state index in [9.17, 15) is 18.0 Å². The summed E-state index contributed by atoms with van der Waals surface area (Å²) in [5, 5.41) is 3.56. The number of nitrogens with two attached hydrogens (primary N) is 1. The van der Waals surface area contributed by atoms with E-state index >= 15 is 0 Å². The Hall–Kier alpha value is -2.22. The second-order valence-corrected chi connectivity index (χ2v) is 4.41. The molecule has 1 aromatic heterocycles. The van der Waals surface area contributed by atoms with E-state index < -0.39 is 18.3 Å². The van der Waals surface area contributed by atoms with Gasteiger partial charge < -0.3 is 10.5 Å². The van der Waals surface area contributed by atoms with Gasteiger partial charge in [0.1, 0.15) is 10.8 Å². The van der Waals surface area contributed by atoms with Gasteiger partial charge in [-0.25, -0.2) is 0 Å². The lowest BCUT2D eigenvalue weighted by Gasteiger charge is -2.11. The molecule has 2 N–H and O–H groups in total. The van der Waals surface area contributed by atoms with Crippen LogP contribution in [0.4, 0.5) is 18.9 Å². The predicted molar refractivity (Wildman–Crippen MR) is 70.8 cm³/mol. The van der Waals surface area contributed by atoms with Crippen LogP contribution >= 0.6 is 11.6 Å². The zero-order valence-electron chi connectivity index (χ0n) is 10.4. The third kappa shape index (κ3) is 3.66. The summed E-state index contributed by atoms with van der Waals surface area (Å²) in [5.74, 6) is -0.0496. The summed E-state index contributed by atoms with van der Waals surface area (Å²) < 4.78 is 41.8. The Bertz CT molecular complexity index is 716. The van der Waals surface area contributed by atoms with Crippen molar-refractivity contribution in [3.8, 4) is 11.4 Å². The number of rotatable bonds is 3. The van der Waals surface area contributed by atoms with Gasteiger partial charge >= 0.3 is 6.18 Å². The number of benzene rings is 1. The van der Waals surface area contributed by atoms with Gasteiger partial charge in [-0.3, -0.25) is 4.79 Å².